The normalized spacial score (nSPS) is 12.0. The second-order valence-corrected chi connectivity index (χ2v) is 4.15. The molecule has 0 heterocycles. The van der Waals surface area contributed by atoms with E-state index >= 15 is 0 Å². The van der Waals surface area contributed by atoms with Crippen LogP contribution in [0, 0.1) is 0 Å². The number of hydrogen-bond acceptors (Lipinski definition) is 3. The molecule has 0 saturated carbocycles. The summed E-state index contributed by atoms with van der Waals surface area (Å²) < 4.78 is 10.7. The lowest BCUT2D eigenvalue weighted by molar-refractivity contribution is -0.147. The van der Waals surface area contributed by atoms with Gasteiger partial charge in [0, 0.05) is 5.02 Å². The first-order valence-electron chi connectivity index (χ1n) is 4.24. The van der Waals surface area contributed by atoms with E-state index in [1.165, 1.54) is 7.11 Å². The van der Waals surface area contributed by atoms with E-state index in [1.807, 2.05) is 0 Å². The summed E-state index contributed by atoms with van der Waals surface area (Å²) in [5.41, 5.74) is 0. The Bertz CT molecular complexity index is 368. The molecule has 0 aliphatic heterocycles. The first-order valence-corrected chi connectivity index (χ1v) is 5.41. The van der Waals surface area contributed by atoms with Gasteiger partial charge in [0.2, 0.25) is 0 Å². The third kappa shape index (κ3) is 3.39. The van der Waals surface area contributed by atoms with E-state index in [4.69, 9.17) is 16.3 Å². The molecule has 1 rings (SSSR count). The molecule has 1 aromatic carbocycles. The molecule has 0 radical (unpaired) electrons. The van der Waals surface area contributed by atoms with Crippen LogP contribution in [0.2, 0.25) is 5.02 Å². The van der Waals surface area contributed by atoms with Gasteiger partial charge >= 0.3 is 5.97 Å². The number of methoxy groups -OCH3 is 1. The molecule has 0 aromatic heterocycles. The highest BCUT2D eigenvalue weighted by Gasteiger charge is 2.16. The van der Waals surface area contributed by atoms with E-state index in [0.717, 1.165) is 4.47 Å². The molecule has 0 fully saturated rings. The van der Waals surface area contributed by atoms with Crippen LogP contribution in [0.4, 0.5) is 0 Å². The van der Waals surface area contributed by atoms with Gasteiger partial charge in [0.05, 0.1) is 11.6 Å². The van der Waals surface area contributed by atoms with Gasteiger partial charge < -0.3 is 9.47 Å². The lowest BCUT2D eigenvalue weighted by Crippen LogP contribution is -2.25. The maximum atomic E-state index is 11.1. The zero-order valence-corrected chi connectivity index (χ0v) is 10.6. The van der Waals surface area contributed by atoms with Crippen molar-refractivity contribution in [2.75, 3.05) is 7.11 Å². The highest BCUT2D eigenvalue weighted by atomic mass is 79.9. The molecular weight excluding hydrogens is 283 g/mol. The van der Waals surface area contributed by atoms with Gasteiger partial charge in [-0.3, -0.25) is 0 Å². The Labute approximate surface area is 101 Å². The van der Waals surface area contributed by atoms with E-state index < -0.39 is 12.1 Å². The van der Waals surface area contributed by atoms with Crippen molar-refractivity contribution >= 4 is 33.5 Å². The first-order chi connectivity index (χ1) is 7.04. The molecule has 0 aliphatic rings. The van der Waals surface area contributed by atoms with Gasteiger partial charge in [0.25, 0.3) is 0 Å². The average molecular weight is 294 g/mol. The third-order valence-corrected chi connectivity index (χ3v) is 2.62. The van der Waals surface area contributed by atoms with Crippen LogP contribution < -0.4 is 4.74 Å². The highest BCUT2D eigenvalue weighted by molar-refractivity contribution is 9.10. The molecule has 0 amide bonds. The van der Waals surface area contributed by atoms with Crippen molar-refractivity contribution in [2.24, 2.45) is 0 Å². The fourth-order valence-corrected chi connectivity index (χ4v) is 1.47. The van der Waals surface area contributed by atoms with Gasteiger partial charge in [0.1, 0.15) is 5.75 Å². The van der Waals surface area contributed by atoms with Crippen LogP contribution in [0.3, 0.4) is 0 Å². The highest BCUT2D eigenvalue weighted by Crippen LogP contribution is 2.28. The Morgan fingerprint density at radius 2 is 2.20 bits per heavy atom. The Balaban J connectivity index is 2.80. The standard InChI is InChI=1S/C10H10BrClO3/c1-6(10(13)14-2)15-9-5-7(12)3-4-8(9)11/h3-6H,1-2H3. The summed E-state index contributed by atoms with van der Waals surface area (Å²) in [7, 11) is 1.31. The minimum Gasteiger partial charge on any atom is -0.478 e. The molecule has 0 bridgehead atoms. The van der Waals surface area contributed by atoms with Crippen molar-refractivity contribution in [1.82, 2.24) is 0 Å². The van der Waals surface area contributed by atoms with Crippen molar-refractivity contribution in [1.29, 1.82) is 0 Å². The van der Waals surface area contributed by atoms with Gasteiger partial charge in [-0.25, -0.2) is 4.79 Å². The second kappa shape index (κ2) is 5.37. The number of ether oxygens (including phenoxy) is 2. The summed E-state index contributed by atoms with van der Waals surface area (Å²) in [6.45, 7) is 1.61. The molecule has 15 heavy (non-hydrogen) atoms. The molecule has 1 unspecified atom stereocenters. The van der Waals surface area contributed by atoms with E-state index in [0.29, 0.717) is 10.8 Å². The van der Waals surface area contributed by atoms with Crippen molar-refractivity contribution in [2.45, 2.75) is 13.0 Å². The number of esters is 1. The fourth-order valence-electron chi connectivity index (χ4n) is 0.972. The Kier molecular flexibility index (Phi) is 4.42. The first kappa shape index (κ1) is 12.3. The van der Waals surface area contributed by atoms with E-state index in [1.54, 1.807) is 25.1 Å². The largest absolute Gasteiger partial charge is 0.478 e. The molecule has 0 spiro atoms. The zero-order chi connectivity index (χ0) is 11.4. The Morgan fingerprint density at radius 1 is 1.53 bits per heavy atom. The number of carbonyl (C=O) groups excluding carboxylic acids is 1. The van der Waals surface area contributed by atoms with E-state index in [9.17, 15) is 4.79 Å². The SMILES string of the molecule is COC(=O)C(C)Oc1cc(Cl)ccc1Br. The van der Waals surface area contributed by atoms with Crippen LogP contribution in [0.5, 0.6) is 5.75 Å². The fraction of sp³-hybridized carbons (Fsp3) is 0.300. The summed E-state index contributed by atoms with van der Waals surface area (Å²) in [4.78, 5) is 11.1. The van der Waals surface area contributed by atoms with Crippen LogP contribution in [-0.4, -0.2) is 19.2 Å². The molecule has 0 N–H and O–H groups in total. The van der Waals surface area contributed by atoms with Crippen LogP contribution >= 0.6 is 27.5 Å². The van der Waals surface area contributed by atoms with Crippen LogP contribution in [0.15, 0.2) is 22.7 Å². The maximum Gasteiger partial charge on any atom is 0.346 e. The lowest BCUT2D eigenvalue weighted by Gasteiger charge is -2.13. The number of hydrogen-bond donors (Lipinski definition) is 0. The number of rotatable bonds is 3. The van der Waals surface area contributed by atoms with Crippen molar-refractivity contribution in [3.05, 3.63) is 27.7 Å². The molecular formula is C10H10BrClO3. The number of benzene rings is 1. The van der Waals surface area contributed by atoms with Gasteiger partial charge in [-0.15, -0.1) is 0 Å². The Hall–Kier alpha value is -0.740. The average Bonchev–Trinajstić information content (AvgIpc) is 2.22. The molecule has 3 nitrogen and oxygen atoms in total. The van der Waals surface area contributed by atoms with E-state index in [2.05, 4.69) is 20.7 Å². The monoisotopic (exact) mass is 292 g/mol. The zero-order valence-electron chi connectivity index (χ0n) is 8.29. The maximum absolute atomic E-state index is 11.1. The summed E-state index contributed by atoms with van der Waals surface area (Å²) in [6.07, 6.45) is -0.662. The van der Waals surface area contributed by atoms with Gasteiger partial charge in [-0.05, 0) is 41.1 Å². The van der Waals surface area contributed by atoms with Gasteiger partial charge in [-0.2, -0.15) is 0 Å². The summed E-state index contributed by atoms with van der Waals surface area (Å²) >= 11 is 9.09. The van der Waals surface area contributed by atoms with Crippen LogP contribution in [0.1, 0.15) is 6.92 Å². The molecule has 1 aromatic rings. The van der Waals surface area contributed by atoms with Crippen molar-refractivity contribution in [3.63, 3.8) is 0 Å². The molecule has 0 saturated heterocycles. The van der Waals surface area contributed by atoms with Crippen molar-refractivity contribution < 1.29 is 14.3 Å². The third-order valence-electron chi connectivity index (χ3n) is 1.73. The van der Waals surface area contributed by atoms with Gasteiger partial charge in [-0.1, -0.05) is 11.6 Å². The predicted octanol–water partition coefficient (Wildman–Crippen LogP) is 3.04. The van der Waals surface area contributed by atoms with E-state index in [-0.39, 0.29) is 0 Å². The molecule has 0 aliphatic carbocycles. The van der Waals surface area contributed by atoms with Crippen molar-refractivity contribution in [3.8, 4) is 5.75 Å². The number of carbonyl (C=O) groups is 1. The lowest BCUT2D eigenvalue weighted by atomic mass is 10.3. The Morgan fingerprint density at radius 3 is 2.80 bits per heavy atom. The summed E-state index contributed by atoms with van der Waals surface area (Å²) in [6, 6.07) is 5.11. The smallest absolute Gasteiger partial charge is 0.346 e. The minimum atomic E-state index is -0.662. The quantitative estimate of drug-likeness (QED) is 0.804. The molecule has 1 atom stereocenters. The summed E-state index contributed by atoms with van der Waals surface area (Å²) in [5.74, 6) is 0.0854. The summed E-state index contributed by atoms with van der Waals surface area (Å²) in [5, 5.41) is 0.547. The molecule has 82 valence electrons. The second-order valence-electron chi connectivity index (χ2n) is 2.86. The topological polar surface area (TPSA) is 35.5 Å². The van der Waals surface area contributed by atoms with Gasteiger partial charge in [0.15, 0.2) is 6.10 Å². The molecule has 5 heteroatoms. The predicted molar refractivity (Wildman–Crippen MR) is 61.3 cm³/mol. The van der Waals surface area contributed by atoms with Crippen LogP contribution in [-0.2, 0) is 9.53 Å². The van der Waals surface area contributed by atoms with Crippen LogP contribution in [0.25, 0.3) is 0 Å². The number of halogens is 2. The minimum absolute atomic E-state index is 0.429.